The van der Waals surface area contributed by atoms with Crippen LogP contribution in [-0.4, -0.2) is 18.5 Å². The van der Waals surface area contributed by atoms with Crippen molar-refractivity contribution in [1.82, 2.24) is 0 Å². The van der Waals surface area contributed by atoms with Crippen molar-refractivity contribution in [2.24, 2.45) is 10.9 Å². The Morgan fingerprint density at radius 1 is 1.27 bits per heavy atom. The summed E-state index contributed by atoms with van der Waals surface area (Å²) in [5.74, 6) is 1.54. The fraction of sp³-hybridized carbons (Fsp3) is 0.263. The van der Waals surface area contributed by atoms with Gasteiger partial charge in [0.05, 0.1) is 5.56 Å². The molecule has 0 spiro atoms. The molecule has 0 bridgehead atoms. The summed E-state index contributed by atoms with van der Waals surface area (Å²) in [6, 6.07) is 9.65. The van der Waals surface area contributed by atoms with Crippen LogP contribution in [-0.2, 0) is 9.53 Å². The van der Waals surface area contributed by atoms with E-state index in [9.17, 15) is 13.6 Å². The maximum Gasteiger partial charge on any atom is 0.387 e. The highest BCUT2D eigenvalue weighted by molar-refractivity contribution is 6.13. The van der Waals surface area contributed by atoms with Gasteiger partial charge in [-0.05, 0) is 36.6 Å². The molecule has 1 saturated carbocycles. The van der Waals surface area contributed by atoms with E-state index < -0.39 is 12.6 Å². The van der Waals surface area contributed by atoms with Crippen LogP contribution in [0, 0.1) is 5.92 Å². The predicted molar refractivity (Wildman–Crippen MR) is 88.9 cm³/mol. The van der Waals surface area contributed by atoms with Gasteiger partial charge in [-0.2, -0.15) is 8.78 Å². The first-order valence-corrected chi connectivity index (χ1v) is 8.18. The van der Waals surface area contributed by atoms with Gasteiger partial charge in [0.2, 0.25) is 5.90 Å². The van der Waals surface area contributed by atoms with Crippen LogP contribution in [0.4, 0.5) is 8.78 Å². The van der Waals surface area contributed by atoms with Gasteiger partial charge >= 0.3 is 12.6 Å². The summed E-state index contributed by atoms with van der Waals surface area (Å²) in [6.45, 7) is -0.843. The van der Waals surface area contributed by atoms with Crippen LogP contribution < -0.4 is 4.74 Å². The van der Waals surface area contributed by atoms with Crippen molar-refractivity contribution >= 4 is 17.9 Å². The molecule has 0 radical (unpaired) electrons. The summed E-state index contributed by atoms with van der Waals surface area (Å²) in [5, 5.41) is 0. The first-order valence-electron chi connectivity index (χ1n) is 8.18. The van der Waals surface area contributed by atoms with E-state index in [2.05, 4.69) is 16.7 Å². The summed E-state index contributed by atoms with van der Waals surface area (Å²) in [4.78, 5) is 16.2. The van der Waals surface area contributed by atoms with Crippen molar-refractivity contribution in [3.63, 3.8) is 0 Å². The number of esters is 1. The molecule has 2 aliphatic rings. The van der Waals surface area contributed by atoms with E-state index in [4.69, 9.17) is 9.15 Å². The molecular weight excluding hydrogens is 344 g/mol. The Labute approximate surface area is 147 Å². The van der Waals surface area contributed by atoms with Crippen LogP contribution in [0.15, 0.2) is 51.5 Å². The van der Waals surface area contributed by atoms with Gasteiger partial charge in [-0.25, -0.2) is 9.79 Å². The van der Waals surface area contributed by atoms with Gasteiger partial charge in [0.1, 0.15) is 17.3 Å². The highest BCUT2D eigenvalue weighted by atomic mass is 19.3. The zero-order valence-corrected chi connectivity index (χ0v) is 13.8. The lowest BCUT2D eigenvalue weighted by Crippen LogP contribution is -2.10. The van der Waals surface area contributed by atoms with Gasteiger partial charge in [0.15, 0.2) is 5.70 Å². The zero-order valence-electron chi connectivity index (χ0n) is 13.8. The number of carbonyl (C=O) groups excluding carboxylic acids is 1. The maximum atomic E-state index is 12.5. The Morgan fingerprint density at radius 2 is 2.04 bits per heavy atom. The first kappa shape index (κ1) is 16.5. The molecule has 1 aromatic heterocycles. The number of rotatable bonds is 5. The van der Waals surface area contributed by atoms with Gasteiger partial charge in [0.25, 0.3) is 0 Å². The van der Waals surface area contributed by atoms with E-state index in [-0.39, 0.29) is 22.9 Å². The monoisotopic (exact) mass is 359 g/mol. The molecule has 7 heteroatoms. The molecule has 1 aromatic carbocycles. The minimum absolute atomic E-state index is 0.0385. The van der Waals surface area contributed by atoms with E-state index >= 15 is 0 Å². The fourth-order valence-corrected chi connectivity index (χ4v) is 2.86. The van der Waals surface area contributed by atoms with E-state index in [1.807, 2.05) is 6.07 Å². The molecule has 2 aromatic rings. The van der Waals surface area contributed by atoms with Gasteiger partial charge in [0, 0.05) is 12.0 Å². The van der Waals surface area contributed by atoms with Crippen LogP contribution in [0.3, 0.4) is 0 Å². The molecule has 26 heavy (non-hydrogen) atoms. The Kier molecular flexibility index (Phi) is 4.06. The number of aliphatic imine (C=N–C) groups is 1. The number of cyclic esters (lactones) is 1. The minimum Gasteiger partial charge on any atom is -0.461 e. The number of hydrogen-bond donors (Lipinski definition) is 0. The van der Waals surface area contributed by atoms with Crippen molar-refractivity contribution in [3.05, 3.63) is 59.2 Å². The lowest BCUT2D eigenvalue weighted by molar-refractivity contribution is -0.129. The largest absolute Gasteiger partial charge is 0.461 e. The van der Waals surface area contributed by atoms with Crippen LogP contribution in [0.5, 0.6) is 5.75 Å². The van der Waals surface area contributed by atoms with E-state index in [1.165, 1.54) is 18.2 Å². The molecule has 4 rings (SSSR count). The Morgan fingerprint density at radius 3 is 2.77 bits per heavy atom. The van der Waals surface area contributed by atoms with Crippen LogP contribution in [0.25, 0.3) is 6.08 Å². The number of halogens is 2. The molecule has 0 saturated heterocycles. The maximum absolute atomic E-state index is 12.5. The summed E-state index contributed by atoms with van der Waals surface area (Å²) in [6.07, 6.45) is 2.57. The number of ether oxygens (including phenoxy) is 2. The average Bonchev–Trinajstić information content (AvgIpc) is 3.00. The summed E-state index contributed by atoms with van der Waals surface area (Å²) in [5.41, 5.74) is 0.216. The van der Waals surface area contributed by atoms with Crippen molar-refractivity contribution in [2.45, 2.75) is 25.9 Å². The van der Waals surface area contributed by atoms with E-state index in [0.717, 1.165) is 12.2 Å². The topological polar surface area (TPSA) is 61.0 Å². The van der Waals surface area contributed by atoms with E-state index in [1.54, 1.807) is 18.2 Å². The highest BCUT2D eigenvalue weighted by Crippen LogP contribution is 2.47. The Balaban J connectivity index is 1.61. The smallest absolute Gasteiger partial charge is 0.387 e. The molecule has 134 valence electrons. The third kappa shape index (κ3) is 3.24. The number of furan rings is 1. The summed E-state index contributed by atoms with van der Waals surface area (Å²) in [7, 11) is 0. The number of alkyl halides is 2. The molecule has 0 unspecified atom stereocenters. The minimum atomic E-state index is -2.99. The molecule has 1 aliphatic carbocycles. The third-order valence-electron chi connectivity index (χ3n) is 4.36. The summed E-state index contributed by atoms with van der Waals surface area (Å²) < 4.78 is 40.4. The summed E-state index contributed by atoms with van der Waals surface area (Å²) >= 11 is 0. The molecule has 0 N–H and O–H groups in total. The second-order valence-electron chi connectivity index (χ2n) is 6.27. The second-order valence-corrected chi connectivity index (χ2v) is 6.27. The molecule has 1 fully saturated rings. The molecular formula is C19H15F2NO4. The number of nitrogens with zero attached hydrogens (tertiary/aromatic N) is 1. The van der Waals surface area contributed by atoms with Gasteiger partial charge < -0.3 is 13.9 Å². The number of hydrogen-bond acceptors (Lipinski definition) is 5. The van der Waals surface area contributed by atoms with Crippen molar-refractivity contribution < 1.29 is 27.5 Å². The standard InChI is InChI=1S/C19H15F2NO4/c1-10-8-13(10)16-7-6-11(24-16)9-14-18(23)26-17(22-14)12-4-2-3-5-15(12)25-19(20)21/h2-7,9-10,13,19H,8H2,1H3/b14-9-/t10-,13-/m1/s1. The van der Waals surface area contributed by atoms with Gasteiger partial charge in [-0.1, -0.05) is 19.1 Å². The predicted octanol–water partition coefficient (Wildman–Crippen LogP) is 4.35. The zero-order chi connectivity index (χ0) is 18.3. The fourth-order valence-electron chi connectivity index (χ4n) is 2.86. The van der Waals surface area contributed by atoms with Gasteiger partial charge in [-0.3, -0.25) is 0 Å². The van der Waals surface area contributed by atoms with E-state index in [0.29, 0.717) is 17.6 Å². The SMILES string of the molecule is C[C@@H]1C[C@H]1c1ccc(/C=C2\N=C(c3ccccc3OC(F)F)OC2=O)o1. The van der Waals surface area contributed by atoms with Crippen molar-refractivity contribution in [2.75, 3.05) is 0 Å². The highest BCUT2D eigenvalue weighted by Gasteiger charge is 2.36. The molecule has 2 heterocycles. The van der Waals surface area contributed by atoms with Crippen molar-refractivity contribution in [3.8, 4) is 5.75 Å². The molecule has 5 nitrogen and oxygen atoms in total. The number of para-hydroxylation sites is 1. The lowest BCUT2D eigenvalue weighted by atomic mass is 10.2. The molecule has 0 amide bonds. The van der Waals surface area contributed by atoms with Crippen LogP contribution in [0.2, 0.25) is 0 Å². The van der Waals surface area contributed by atoms with Crippen LogP contribution in [0.1, 0.15) is 36.3 Å². The first-order chi connectivity index (χ1) is 12.5. The normalized spacial score (nSPS) is 23.3. The quantitative estimate of drug-likeness (QED) is 0.588. The van der Waals surface area contributed by atoms with Crippen molar-refractivity contribution in [1.29, 1.82) is 0 Å². The lowest BCUT2D eigenvalue weighted by Gasteiger charge is -2.08. The molecule has 2 atom stereocenters. The third-order valence-corrected chi connectivity index (χ3v) is 4.36. The number of benzene rings is 1. The van der Waals surface area contributed by atoms with Gasteiger partial charge in [-0.15, -0.1) is 0 Å². The molecule has 1 aliphatic heterocycles. The Bertz CT molecular complexity index is 916. The number of carbonyl (C=O) groups is 1. The van der Waals surface area contributed by atoms with Crippen LogP contribution >= 0.6 is 0 Å². The second kappa shape index (κ2) is 6.40. The Hall–Kier alpha value is -2.96. The average molecular weight is 359 g/mol.